The molecule has 1 aliphatic carbocycles. The number of hydrogen-bond donors (Lipinski definition) is 1. The Kier molecular flexibility index (Phi) is 5.04. The van der Waals surface area contributed by atoms with Gasteiger partial charge in [-0.2, -0.15) is 4.40 Å². The van der Waals surface area contributed by atoms with Crippen molar-refractivity contribution in [3.8, 4) is 0 Å². The van der Waals surface area contributed by atoms with Crippen molar-refractivity contribution in [3.05, 3.63) is 71.3 Å². The molecular formula is C21H25NO3S. The lowest BCUT2D eigenvalue weighted by atomic mass is 9.78. The normalized spacial score (nSPS) is 20.6. The SMILES string of the molecule is CC(C)(C)S(=O)(=O)/N=C1/c2ccccc2CC[C@@H]1[C@H](O)c1ccccc1. The van der Waals surface area contributed by atoms with Crippen LogP contribution in [0.1, 0.15) is 50.0 Å². The van der Waals surface area contributed by atoms with E-state index < -0.39 is 20.9 Å². The zero-order valence-electron chi connectivity index (χ0n) is 15.4. The number of fused-ring (bicyclic) bond motifs is 1. The molecule has 0 spiro atoms. The molecule has 0 saturated carbocycles. The molecule has 0 amide bonds. The first-order chi connectivity index (χ1) is 12.2. The van der Waals surface area contributed by atoms with E-state index in [0.29, 0.717) is 12.1 Å². The molecule has 3 rings (SSSR count). The van der Waals surface area contributed by atoms with Crippen molar-refractivity contribution >= 4 is 15.7 Å². The molecule has 1 aliphatic rings. The Morgan fingerprint density at radius 3 is 2.31 bits per heavy atom. The summed E-state index contributed by atoms with van der Waals surface area (Å²) in [6.45, 7) is 4.93. The minimum Gasteiger partial charge on any atom is -0.388 e. The first-order valence-electron chi connectivity index (χ1n) is 8.86. The highest BCUT2D eigenvalue weighted by molar-refractivity contribution is 7.91. The van der Waals surface area contributed by atoms with Crippen LogP contribution in [-0.2, 0) is 16.4 Å². The monoisotopic (exact) mass is 371 g/mol. The summed E-state index contributed by atoms with van der Waals surface area (Å²) in [4.78, 5) is 0. The van der Waals surface area contributed by atoms with Crippen molar-refractivity contribution in [2.75, 3.05) is 0 Å². The average molecular weight is 372 g/mol. The molecule has 0 unspecified atom stereocenters. The number of aryl methyl sites for hydroxylation is 1. The lowest BCUT2D eigenvalue weighted by Crippen LogP contribution is -2.33. The molecule has 0 bridgehead atoms. The van der Waals surface area contributed by atoms with E-state index in [1.165, 1.54) is 0 Å². The van der Waals surface area contributed by atoms with Crippen LogP contribution in [-0.4, -0.2) is 24.0 Å². The van der Waals surface area contributed by atoms with Crippen molar-refractivity contribution in [1.29, 1.82) is 0 Å². The Bertz CT molecular complexity index is 912. The van der Waals surface area contributed by atoms with Gasteiger partial charge in [-0.05, 0) is 44.7 Å². The average Bonchev–Trinajstić information content (AvgIpc) is 2.61. The van der Waals surface area contributed by atoms with Crippen LogP contribution in [0.3, 0.4) is 0 Å². The molecule has 2 aromatic rings. The van der Waals surface area contributed by atoms with Gasteiger partial charge in [0.1, 0.15) is 0 Å². The fraction of sp³-hybridized carbons (Fsp3) is 0.381. The Labute approximate surface area is 155 Å². The van der Waals surface area contributed by atoms with Gasteiger partial charge in [-0.15, -0.1) is 0 Å². The zero-order valence-corrected chi connectivity index (χ0v) is 16.2. The van der Waals surface area contributed by atoms with Gasteiger partial charge in [0.25, 0.3) is 10.0 Å². The van der Waals surface area contributed by atoms with Crippen LogP contribution < -0.4 is 0 Å². The van der Waals surface area contributed by atoms with Gasteiger partial charge in [-0.3, -0.25) is 0 Å². The van der Waals surface area contributed by atoms with E-state index in [1.807, 2.05) is 54.6 Å². The molecule has 2 atom stereocenters. The van der Waals surface area contributed by atoms with Crippen LogP contribution in [0.15, 0.2) is 59.0 Å². The first-order valence-corrected chi connectivity index (χ1v) is 10.3. The highest BCUT2D eigenvalue weighted by Gasteiger charge is 2.36. The molecule has 0 saturated heterocycles. The molecule has 0 fully saturated rings. The van der Waals surface area contributed by atoms with E-state index in [2.05, 4.69) is 4.40 Å². The molecule has 0 aromatic heterocycles. The highest BCUT2D eigenvalue weighted by atomic mass is 32.2. The zero-order chi connectivity index (χ0) is 18.9. The van der Waals surface area contributed by atoms with Crippen molar-refractivity contribution in [3.63, 3.8) is 0 Å². The first kappa shape index (κ1) is 18.8. The van der Waals surface area contributed by atoms with E-state index in [9.17, 15) is 13.5 Å². The van der Waals surface area contributed by atoms with E-state index in [1.54, 1.807) is 20.8 Å². The predicted molar refractivity (Wildman–Crippen MR) is 105 cm³/mol. The van der Waals surface area contributed by atoms with Crippen LogP contribution in [0.5, 0.6) is 0 Å². The number of aliphatic hydroxyl groups is 1. The predicted octanol–water partition coefficient (Wildman–Crippen LogP) is 3.90. The van der Waals surface area contributed by atoms with Gasteiger partial charge in [0, 0.05) is 11.5 Å². The van der Waals surface area contributed by atoms with Gasteiger partial charge in [0.2, 0.25) is 0 Å². The van der Waals surface area contributed by atoms with Crippen molar-refractivity contribution in [2.45, 2.75) is 44.5 Å². The number of sulfonamides is 1. The number of benzene rings is 2. The summed E-state index contributed by atoms with van der Waals surface area (Å²) in [5.74, 6) is -0.357. The molecule has 2 aromatic carbocycles. The third-order valence-corrected chi connectivity index (χ3v) is 6.87. The van der Waals surface area contributed by atoms with E-state index in [4.69, 9.17) is 0 Å². The maximum Gasteiger partial charge on any atom is 0.258 e. The van der Waals surface area contributed by atoms with Gasteiger partial charge >= 0.3 is 0 Å². The molecule has 138 valence electrons. The molecular weight excluding hydrogens is 346 g/mol. The molecule has 1 N–H and O–H groups in total. The summed E-state index contributed by atoms with van der Waals surface area (Å²) >= 11 is 0. The second kappa shape index (κ2) is 6.97. The van der Waals surface area contributed by atoms with Crippen LogP contribution >= 0.6 is 0 Å². The van der Waals surface area contributed by atoms with Crippen molar-refractivity contribution in [1.82, 2.24) is 0 Å². The Hall–Kier alpha value is -1.98. The molecule has 26 heavy (non-hydrogen) atoms. The number of aliphatic hydroxyl groups excluding tert-OH is 1. The standard InChI is InChI=1S/C21H25NO3S/c1-21(2,3)26(24,25)22-19-17-12-8-7-9-15(17)13-14-18(19)20(23)16-10-5-4-6-11-16/h4-12,18,20,23H,13-14H2,1-3H3/b22-19-/t18-,20+/m0/s1. The van der Waals surface area contributed by atoms with Crippen LogP contribution in [0.2, 0.25) is 0 Å². The maximum atomic E-state index is 12.8. The topological polar surface area (TPSA) is 66.7 Å². The van der Waals surface area contributed by atoms with Gasteiger partial charge < -0.3 is 5.11 Å². The number of rotatable bonds is 3. The molecule has 0 radical (unpaired) electrons. The minimum atomic E-state index is -3.71. The lowest BCUT2D eigenvalue weighted by Gasteiger charge is -2.31. The number of hydrogen-bond acceptors (Lipinski definition) is 3. The largest absolute Gasteiger partial charge is 0.388 e. The quantitative estimate of drug-likeness (QED) is 0.890. The Morgan fingerprint density at radius 2 is 1.65 bits per heavy atom. The second-order valence-electron chi connectivity index (χ2n) is 7.72. The van der Waals surface area contributed by atoms with Crippen LogP contribution in [0, 0.1) is 5.92 Å². The third-order valence-electron chi connectivity index (χ3n) is 4.88. The van der Waals surface area contributed by atoms with E-state index in [-0.39, 0.29) is 5.92 Å². The molecule has 0 aliphatic heterocycles. The summed E-state index contributed by atoms with van der Waals surface area (Å²) < 4.78 is 28.8. The summed E-state index contributed by atoms with van der Waals surface area (Å²) in [6.07, 6.45) is 0.656. The van der Waals surface area contributed by atoms with Gasteiger partial charge in [0.05, 0.1) is 16.6 Å². The maximum absolute atomic E-state index is 12.8. The number of nitrogens with zero attached hydrogens (tertiary/aromatic N) is 1. The minimum absolute atomic E-state index is 0.357. The summed E-state index contributed by atoms with van der Waals surface area (Å²) in [5.41, 5.74) is 3.15. The fourth-order valence-corrected chi connectivity index (χ4v) is 3.98. The summed E-state index contributed by atoms with van der Waals surface area (Å²) in [5, 5.41) is 11.0. The molecule has 5 heteroatoms. The Morgan fingerprint density at radius 1 is 1.04 bits per heavy atom. The van der Waals surface area contributed by atoms with Gasteiger partial charge in [-0.25, -0.2) is 8.42 Å². The van der Waals surface area contributed by atoms with Crippen LogP contribution in [0.4, 0.5) is 0 Å². The fourth-order valence-electron chi connectivity index (χ4n) is 3.21. The summed E-state index contributed by atoms with van der Waals surface area (Å²) in [7, 11) is -3.71. The molecule has 0 heterocycles. The Balaban J connectivity index is 2.13. The smallest absolute Gasteiger partial charge is 0.258 e. The third kappa shape index (κ3) is 3.60. The van der Waals surface area contributed by atoms with Crippen molar-refractivity contribution in [2.24, 2.45) is 10.3 Å². The molecule has 4 nitrogen and oxygen atoms in total. The summed E-state index contributed by atoms with van der Waals surface area (Å²) in [6, 6.07) is 17.1. The second-order valence-corrected chi connectivity index (χ2v) is 10.1. The van der Waals surface area contributed by atoms with Gasteiger partial charge in [0.15, 0.2) is 0 Å². The lowest BCUT2D eigenvalue weighted by molar-refractivity contribution is 0.135. The van der Waals surface area contributed by atoms with Gasteiger partial charge in [-0.1, -0.05) is 54.6 Å². The van der Waals surface area contributed by atoms with Crippen molar-refractivity contribution < 1.29 is 13.5 Å². The van der Waals surface area contributed by atoms with E-state index >= 15 is 0 Å². The van der Waals surface area contributed by atoms with Crippen LogP contribution in [0.25, 0.3) is 0 Å². The van der Waals surface area contributed by atoms with E-state index in [0.717, 1.165) is 23.1 Å². The highest BCUT2D eigenvalue weighted by Crippen LogP contribution is 2.36.